The molecule has 2 heteroatoms. The summed E-state index contributed by atoms with van der Waals surface area (Å²) in [5, 5.41) is 3.26. The molecule has 0 amide bonds. The van der Waals surface area contributed by atoms with Crippen molar-refractivity contribution in [3.8, 4) is 0 Å². The lowest BCUT2D eigenvalue weighted by atomic mass is 10.0. The molecular weight excluding hydrogens is 129 g/mol. The highest BCUT2D eigenvalue weighted by atomic mass is 19.1. The quantitative estimate of drug-likeness (QED) is 0.581. The van der Waals surface area contributed by atoms with E-state index in [-0.39, 0.29) is 0 Å². The lowest BCUT2D eigenvalue weighted by molar-refractivity contribution is 0.163. The van der Waals surface area contributed by atoms with E-state index in [4.69, 9.17) is 0 Å². The van der Waals surface area contributed by atoms with Gasteiger partial charge >= 0.3 is 0 Å². The van der Waals surface area contributed by atoms with E-state index in [9.17, 15) is 4.39 Å². The van der Waals surface area contributed by atoms with Crippen molar-refractivity contribution in [2.75, 3.05) is 13.1 Å². The molecule has 0 bridgehead atoms. The van der Waals surface area contributed by atoms with Crippen LogP contribution in [0.5, 0.6) is 0 Å². The fourth-order valence-corrected chi connectivity index (χ4v) is 2.44. The molecule has 1 heterocycles. The molecule has 10 heavy (non-hydrogen) atoms. The molecule has 1 aliphatic carbocycles. The third-order valence-corrected chi connectivity index (χ3v) is 2.88. The summed E-state index contributed by atoms with van der Waals surface area (Å²) >= 11 is 0. The first-order valence-electron chi connectivity index (χ1n) is 4.00. The lowest BCUT2D eigenvalue weighted by Crippen LogP contribution is -2.25. The number of halogens is 1. The van der Waals surface area contributed by atoms with E-state index in [2.05, 4.69) is 5.32 Å². The molecule has 1 nitrogen and oxygen atoms in total. The van der Waals surface area contributed by atoms with Crippen molar-refractivity contribution < 1.29 is 4.39 Å². The number of rotatable bonds is 1. The van der Waals surface area contributed by atoms with Crippen molar-refractivity contribution in [2.45, 2.75) is 19.5 Å². The summed E-state index contributed by atoms with van der Waals surface area (Å²) in [6.07, 6.45) is 0. The average Bonchev–Trinajstić information content (AvgIpc) is 2.30. The predicted octanol–water partition coefficient (Wildman–Crippen LogP) is 1.20. The van der Waals surface area contributed by atoms with E-state index in [0.717, 1.165) is 13.1 Å². The van der Waals surface area contributed by atoms with Crippen LogP contribution in [0, 0.1) is 17.8 Å². The Morgan fingerprint density at radius 2 is 1.80 bits per heavy atom. The van der Waals surface area contributed by atoms with Gasteiger partial charge in [0, 0.05) is 5.92 Å². The summed E-state index contributed by atoms with van der Waals surface area (Å²) in [5.74, 6) is 1.66. The normalized spacial score (nSPS) is 45.3. The van der Waals surface area contributed by atoms with Gasteiger partial charge in [0.2, 0.25) is 0 Å². The van der Waals surface area contributed by atoms with E-state index in [1.165, 1.54) is 0 Å². The highest BCUT2D eigenvalue weighted by molar-refractivity contribution is 5.09. The molecule has 58 valence electrons. The van der Waals surface area contributed by atoms with Gasteiger partial charge in [-0.3, -0.25) is 0 Å². The van der Waals surface area contributed by atoms with Crippen LogP contribution in [0.4, 0.5) is 4.39 Å². The Hall–Kier alpha value is -0.110. The maximum atomic E-state index is 13.3. The number of nitrogens with one attached hydrogen (secondary N) is 1. The van der Waals surface area contributed by atoms with E-state index in [1.807, 2.05) is 0 Å². The molecule has 1 aliphatic heterocycles. The fraction of sp³-hybridized carbons (Fsp3) is 1.00. The minimum absolute atomic E-state index is 0.355. The van der Waals surface area contributed by atoms with E-state index >= 15 is 0 Å². The molecule has 0 aromatic carbocycles. The number of alkyl halides is 1. The molecule has 0 aromatic rings. The Bertz CT molecular complexity index is 140. The largest absolute Gasteiger partial charge is 0.316 e. The molecule has 1 N–H and O–H groups in total. The molecule has 1 saturated heterocycles. The van der Waals surface area contributed by atoms with Gasteiger partial charge in [0.25, 0.3) is 0 Å². The van der Waals surface area contributed by atoms with Crippen molar-refractivity contribution in [1.29, 1.82) is 0 Å². The first kappa shape index (κ1) is 6.59. The average molecular weight is 143 g/mol. The molecule has 0 aromatic heterocycles. The molecule has 2 aliphatic rings. The van der Waals surface area contributed by atoms with Crippen molar-refractivity contribution in [3.63, 3.8) is 0 Å². The molecule has 2 rings (SSSR count). The third kappa shape index (κ3) is 0.782. The van der Waals surface area contributed by atoms with E-state index < -0.39 is 5.67 Å². The SMILES string of the molecule is CC(C)(F)C1C2CNCC21. The molecule has 0 spiro atoms. The Balaban J connectivity index is 2.01. The van der Waals surface area contributed by atoms with Gasteiger partial charge in [-0.05, 0) is 38.8 Å². The number of hydrogen-bond donors (Lipinski definition) is 1. The minimum atomic E-state index is -0.933. The monoisotopic (exact) mass is 143 g/mol. The minimum Gasteiger partial charge on any atom is -0.316 e. The predicted molar refractivity (Wildman–Crippen MR) is 38.5 cm³/mol. The standard InChI is InChI=1S/C8H14FN/c1-8(2,9)7-5-3-10-4-6(5)7/h5-7,10H,3-4H2,1-2H3. The second-order valence-corrected chi connectivity index (χ2v) is 4.08. The summed E-state index contributed by atoms with van der Waals surface area (Å²) in [6, 6.07) is 0. The zero-order valence-corrected chi connectivity index (χ0v) is 6.52. The summed E-state index contributed by atoms with van der Waals surface area (Å²) in [4.78, 5) is 0. The summed E-state index contributed by atoms with van der Waals surface area (Å²) in [6.45, 7) is 5.50. The molecule has 2 atom stereocenters. The van der Waals surface area contributed by atoms with Crippen molar-refractivity contribution in [3.05, 3.63) is 0 Å². The van der Waals surface area contributed by atoms with Crippen LogP contribution in [0.2, 0.25) is 0 Å². The van der Waals surface area contributed by atoms with E-state index in [0.29, 0.717) is 17.8 Å². The Morgan fingerprint density at radius 3 is 2.10 bits per heavy atom. The molecular formula is C8H14FN. The molecule has 0 radical (unpaired) electrons. The Kier molecular flexibility index (Phi) is 1.14. The van der Waals surface area contributed by atoms with E-state index in [1.54, 1.807) is 13.8 Å². The van der Waals surface area contributed by atoms with Gasteiger partial charge in [0.05, 0.1) is 0 Å². The van der Waals surface area contributed by atoms with Crippen molar-refractivity contribution in [1.82, 2.24) is 5.32 Å². The Morgan fingerprint density at radius 1 is 1.30 bits per heavy atom. The molecule has 2 fully saturated rings. The van der Waals surface area contributed by atoms with Gasteiger partial charge in [-0.1, -0.05) is 0 Å². The Labute approximate surface area is 61.0 Å². The lowest BCUT2D eigenvalue weighted by Gasteiger charge is -2.15. The van der Waals surface area contributed by atoms with Crippen LogP contribution in [0.15, 0.2) is 0 Å². The fourth-order valence-electron chi connectivity index (χ4n) is 2.44. The van der Waals surface area contributed by atoms with Crippen molar-refractivity contribution in [2.24, 2.45) is 17.8 Å². The first-order chi connectivity index (χ1) is 4.61. The maximum absolute atomic E-state index is 13.3. The molecule has 2 unspecified atom stereocenters. The second kappa shape index (κ2) is 1.73. The van der Waals surface area contributed by atoms with Crippen LogP contribution in [0.3, 0.4) is 0 Å². The number of hydrogen-bond acceptors (Lipinski definition) is 1. The second-order valence-electron chi connectivity index (χ2n) is 4.08. The zero-order chi connectivity index (χ0) is 7.35. The number of piperidine rings is 1. The van der Waals surface area contributed by atoms with Gasteiger partial charge in [-0.25, -0.2) is 4.39 Å². The third-order valence-electron chi connectivity index (χ3n) is 2.88. The summed E-state index contributed by atoms with van der Waals surface area (Å²) in [5.41, 5.74) is -0.933. The van der Waals surface area contributed by atoms with Crippen LogP contribution in [-0.4, -0.2) is 18.8 Å². The summed E-state index contributed by atoms with van der Waals surface area (Å²) in [7, 11) is 0. The van der Waals surface area contributed by atoms with Gasteiger partial charge in [-0.15, -0.1) is 0 Å². The van der Waals surface area contributed by atoms with Gasteiger partial charge in [0.15, 0.2) is 0 Å². The first-order valence-corrected chi connectivity index (χ1v) is 4.00. The van der Waals surface area contributed by atoms with Crippen LogP contribution in [-0.2, 0) is 0 Å². The summed E-state index contributed by atoms with van der Waals surface area (Å²) < 4.78 is 13.3. The maximum Gasteiger partial charge on any atom is 0.109 e. The van der Waals surface area contributed by atoms with Gasteiger partial charge < -0.3 is 5.32 Å². The van der Waals surface area contributed by atoms with Crippen LogP contribution < -0.4 is 5.32 Å². The van der Waals surface area contributed by atoms with Crippen molar-refractivity contribution >= 4 is 0 Å². The van der Waals surface area contributed by atoms with Gasteiger partial charge in [0.1, 0.15) is 5.67 Å². The zero-order valence-electron chi connectivity index (χ0n) is 6.52. The highest BCUT2D eigenvalue weighted by Crippen LogP contribution is 2.55. The number of fused-ring (bicyclic) bond motifs is 1. The molecule has 1 saturated carbocycles. The van der Waals surface area contributed by atoms with Gasteiger partial charge in [-0.2, -0.15) is 0 Å². The topological polar surface area (TPSA) is 12.0 Å². The van der Waals surface area contributed by atoms with Crippen LogP contribution in [0.25, 0.3) is 0 Å². The smallest absolute Gasteiger partial charge is 0.109 e. The van der Waals surface area contributed by atoms with Crippen LogP contribution in [0.1, 0.15) is 13.8 Å². The van der Waals surface area contributed by atoms with Crippen LogP contribution >= 0.6 is 0 Å². The highest BCUT2D eigenvalue weighted by Gasteiger charge is 2.59.